The minimum Gasteiger partial charge on any atom is -0.504 e. The van der Waals surface area contributed by atoms with Gasteiger partial charge in [0.25, 0.3) is 0 Å². The fourth-order valence-electron chi connectivity index (χ4n) is 4.22. The van der Waals surface area contributed by atoms with Crippen molar-refractivity contribution in [2.24, 2.45) is 16.1 Å². The van der Waals surface area contributed by atoms with Gasteiger partial charge in [0.2, 0.25) is 0 Å². The molecule has 2 N–H and O–H groups in total. The molecule has 0 aliphatic carbocycles. The number of azo groups is 1. The lowest BCUT2D eigenvalue weighted by Gasteiger charge is -2.27. The zero-order valence-corrected chi connectivity index (χ0v) is 16.6. The molecule has 0 saturated carbocycles. The van der Waals surface area contributed by atoms with Gasteiger partial charge in [-0.05, 0) is 43.5 Å². The second-order valence-electron chi connectivity index (χ2n) is 7.66. The van der Waals surface area contributed by atoms with E-state index in [0.717, 1.165) is 29.8 Å². The third-order valence-corrected chi connectivity index (χ3v) is 5.86. The van der Waals surface area contributed by atoms with Crippen LogP contribution in [0.4, 0.5) is 10.1 Å². The molecule has 2 aliphatic rings. The van der Waals surface area contributed by atoms with Crippen LogP contribution in [0.25, 0.3) is 22.7 Å². The maximum atomic E-state index is 14.4. The Hall–Kier alpha value is -3.19. The van der Waals surface area contributed by atoms with Crippen LogP contribution in [0.15, 0.2) is 51.0 Å². The molecule has 6 nitrogen and oxygen atoms in total. The van der Waals surface area contributed by atoms with Gasteiger partial charge in [-0.2, -0.15) is 0 Å². The van der Waals surface area contributed by atoms with Gasteiger partial charge in [-0.25, -0.2) is 4.39 Å². The van der Waals surface area contributed by atoms with Crippen LogP contribution in [0.1, 0.15) is 23.3 Å². The van der Waals surface area contributed by atoms with E-state index in [2.05, 4.69) is 15.5 Å². The predicted molar refractivity (Wildman–Crippen MR) is 113 cm³/mol. The Morgan fingerprint density at radius 3 is 2.97 bits per heavy atom. The predicted octanol–water partition coefficient (Wildman–Crippen LogP) is 5.23. The molecule has 5 rings (SSSR count). The highest BCUT2D eigenvalue weighted by atomic mass is 19.1. The minimum atomic E-state index is -0.931. The highest BCUT2D eigenvalue weighted by Crippen LogP contribution is 2.42. The smallest absolute Gasteiger partial charge is 0.172 e. The van der Waals surface area contributed by atoms with Crippen molar-refractivity contribution in [1.29, 1.82) is 0 Å². The summed E-state index contributed by atoms with van der Waals surface area (Å²) in [5.41, 5.74) is 3.58. The summed E-state index contributed by atoms with van der Waals surface area (Å²) in [6, 6.07) is 11.2. The molecule has 2 atom stereocenters. The maximum absolute atomic E-state index is 14.4. The van der Waals surface area contributed by atoms with Crippen LogP contribution in [-0.4, -0.2) is 31.5 Å². The third-order valence-electron chi connectivity index (χ3n) is 5.86. The molecule has 2 aromatic carbocycles. The standard InChI is InChI=1S/C23H22FN3O3/c1-29-20-7-6-15-22(28)21(11-19-14-4-2-3-5-18(14)26-27-19)30-23(15)16(20)10-13-8-9-25-12-17(13)24/h2-7,11,13,17,25,28H,8-10,12H2,1H3/b19-11-/t13-,17-/m1/s1. The Balaban J connectivity index is 1.58. The number of halogens is 1. The summed E-state index contributed by atoms with van der Waals surface area (Å²) < 4.78 is 26.1. The van der Waals surface area contributed by atoms with Gasteiger partial charge in [0.05, 0.1) is 23.9 Å². The van der Waals surface area contributed by atoms with Crippen molar-refractivity contribution in [1.82, 2.24) is 5.32 Å². The molecule has 30 heavy (non-hydrogen) atoms. The molecule has 3 aromatic rings. The Kier molecular flexibility index (Phi) is 4.75. The first-order chi connectivity index (χ1) is 14.7. The summed E-state index contributed by atoms with van der Waals surface area (Å²) in [6.45, 7) is 1.14. The second-order valence-corrected chi connectivity index (χ2v) is 7.66. The summed E-state index contributed by atoms with van der Waals surface area (Å²) in [4.78, 5) is 0. The van der Waals surface area contributed by atoms with Crippen molar-refractivity contribution >= 4 is 28.4 Å². The first-order valence-corrected chi connectivity index (χ1v) is 10.0. The largest absolute Gasteiger partial charge is 0.504 e. The summed E-state index contributed by atoms with van der Waals surface area (Å²) in [7, 11) is 1.58. The lowest BCUT2D eigenvalue weighted by atomic mass is 9.88. The van der Waals surface area contributed by atoms with Gasteiger partial charge in [0, 0.05) is 23.7 Å². The molecule has 154 valence electrons. The van der Waals surface area contributed by atoms with Crippen LogP contribution < -0.4 is 10.1 Å². The van der Waals surface area contributed by atoms with Crippen molar-refractivity contribution in [2.75, 3.05) is 20.2 Å². The number of fused-ring (bicyclic) bond motifs is 2. The Morgan fingerprint density at radius 1 is 1.27 bits per heavy atom. The van der Waals surface area contributed by atoms with E-state index in [1.807, 2.05) is 24.3 Å². The fraction of sp³-hybridized carbons (Fsp3) is 0.304. The number of aromatic hydroxyl groups is 1. The molecule has 1 aromatic heterocycles. The molecule has 1 fully saturated rings. The van der Waals surface area contributed by atoms with E-state index in [0.29, 0.717) is 41.1 Å². The van der Waals surface area contributed by atoms with Crippen LogP contribution in [0.3, 0.4) is 0 Å². The highest BCUT2D eigenvalue weighted by molar-refractivity contribution is 5.95. The topological polar surface area (TPSA) is 79.3 Å². The number of hydrogen-bond acceptors (Lipinski definition) is 6. The van der Waals surface area contributed by atoms with Crippen LogP contribution in [0, 0.1) is 5.92 Å². The Labute approximate surface area is 173 Å². The van der Waals surface area contributed by atoms with Crippen molar-refractivity contribution in [2.45, 2.75) is 19.0 Å². The van der Waals surface area contributed by atoms with E-state index < -0.39 is 6.17 Å². The molecule has 7 heteroatoms. The summed E-state index contributed by atoms with van der Waals surface area (Å²) >= 11 is 0. The first kappa shape index (κ1) is 18.8. The zero-order valence-electron chi connectivity index (χ0n) is 16.6. The number of hydrogen-bond donors (Lipinski definition) is 2. The van der Waals surface area contributed by atoms with Gasteiger partial charge < -0.3 is 19.6 Å². The van der Waals surface area contributed by atoms with E-state index in [1.54, 1.807) is 25.3 Å². The normalized spacial score (nSPS) is 22.0. The van der Waals surface area contributed by atoms with E-state index in [-0.39, 0.29) is 11.7 Å². The van der Waals surface area contributed by atoms with Crippen LogP contribution in [0.5, 0.6) is 11.5 Å². The quantitative estimate of drug-likeness (QED) is 0.620. The number of nitrogens with one attached hydrogen (secondary N) is 1. The zero-order chi connectivity index (χ0) is 20.7. The molecular weight excluding hydrogens is 385 g/mol. The number of ether oxygens (including phenoxy) is 1. The average Bonchev–Trinajstić information content (AvgIpc) is 3.32. The molecule has 0 bridgehead atoms. The molecular formula is C23H22FN3O3. The highest BCUT2D eigenvalue weighted by Gasteiger charge is 2.28. The van der Waals surface area contributed by atoms with E-state index in [9.17, 15) is 9.50 Å². The molecule has 0 unspecified atom stereocenters. The number of benzene rings is 2. The van der Waals surface area contributed by atoms with Gasteiger partial charge in [-0.15, -0.1) is 10.2 Å². The summed E-state index contributed by atoms with van der Waals surface area (Å²) in [5, 5.41) is 22.8. The summed E-state index contributed by atoms with van der Waals surface area (Å²) in [5.74, 6) is 0.831. The molecule has 0 spiro atoms. The minimum absolute atomic E-state index is 0.0306. The molecule has 0 amide bonds. The number of piperidine rings is 1. The van der Waals surface area contributed by atoms with Gasteiger partial charge in [0.1, 0.15) is 17.5 Å². The van der Waals surface area contributed by atoms with Crippen molar-refractivity contribution in [3.63, 3.8) is 0 Å². The van der Waals surface area contributed by atoms with Crippen molar-refractivity contribution in [3.05, 3.63) is 53.3 Å². The molecule has 2 aliphatic heterocycles. The molecule has 3 heterocycles. The third kappa shape index (κ3) is 3.15. The lowest BCUT2D eigenvalue weighted by Crippen LogP contribution is -2.38. The van der Waals surface area contributed by atoms with Crippen LogP contribution >= 0.6 is 0 Å². The van der Waals surface area contributed by atoms with Gasteiger partial charge in [0.15, 0.2) is 11.5 Å². The number of rotatable bonds is 4. The fourth-order valence-corrected chi connectivity index (χ4v) is 4.22. The van der Waals surface area contributed by atoms with Crippen LogP contribution in [0.2, 0.25) is 0 Å². The van der Waals surface area contributed by atoms with Crippen molar-refractivity contribution in [3.8, 4) is 11.5 Å². The molecule has 0 radical (unpaired) electrons. The first-order valence-electron chi connectivity index (χ1n) is 10.0. The second kappa shape index (κ2) is 7.57. The van der Waals surface area contributed by atoms with Crippen LogP contribution in [-0.2, 0) is 6.42 Å². The maximum Gasteiger partial charge on any atom is 0.172 e. The van der Waals surface area contributed by atoms with Gasteiger partial charge in [-0.1, -0.05) is 18.2 Å². The number of furan rings is 1. The average molecular weight is 407 g/mol. The number of alkyl halides is 1. The Bertz CT molecular complexity index is 1170. The van der Waals surface area contributed by atoms with Gasteiger partial charge in [-0.3, -0.25) is 0 Å². The number of nitrogens with zero attached hydrogens (tertiary/aromatic N) is 2. The Morgan fingerprint density at radius 2 is 2.13 bits per heavy atom. The monoisotopic (exact) mass is 407 g/mol. The van der Waals surface area contributed by atoms with E-state index in [1.165, 1.54) is 0 Å². The number of methoxy groups -OCH3 is 1. The van der Waals surface area contributed by atoms with Gasteiger partial charge >= 0.3 is 0 Å². The van der Waals surface area contributed by atoms with E-state index >= 15 is 0 Å². The SMILES string of the molecule is COc1ccc2c(O)c(/C=C3\N=Nc4ccccc43)oc2c1C[C@H]1CCNC[C@H]1F. The van der Waals surface area contributed by atoms with E-state index in [4.69, 9.17) is 9.15 Å². The molecule has 1 saturated heterocycles. The van der Waals surface area contributed by atoms with Crippen molar-refractivity contribution < 1.29 is 18.7 Å². The summed E-state index contributed by atoms with van der Waals surface area (Å²) in [6.07, 6.45) is 1.97. The lowest BCUT2D eigenvalue weighted by molar-refractivity contribution is 0.179.